The third-order valence-electron chi connectivity index (χ3n) is 2.52. The molecule has 0 heterocycles. The van der Waals surface area contributed by atoms with Crippen LogP contribution in [0.1, 0.15) is 13.8 Å². The third kappa shape index (κ3) is 3.40. The Morgan fingerprint density at radius 1 is 1.35 bits per heavy atom. The van der Waals surface area contributed by atoms with Gasteiger partial charge in [-0.15, -0.1) is 0 Å². The van der Waals surface area contributed by atoms with Gasteiger partial charge in [0.25, 0.3) is 0 Å². The monoisotopic (exact) mass is 289 g/mol. The number of hydrogen-bond acceptors (Lipinski definition) is 5. The van der Waals surface area contributed by atoms with Gasteiger partial charge in [-0.05, 0) is 13.8 Å². The lowest BCUT2D eigenvalue weighted by Crippen LogP contribution is -2.32. The van der Waals surface area contributed by atoms with E-state index >= 15 is 0 Å². The van der Waals surface area contributed by atoms with Crippen LogP contribution in [0.3, 0.4) is 0 Å². The molecular formula is C12H13F2NO5. The summed E-state index contributed by atoms with van der Waals surface area (Å²) in [6, 6.07) is 0.997. The van der Waals surface area contributed by atoms with E-state index in [4.69, 9.17) is 4.74 Å². The van der Waals surface area contributed by atoms with Gasteiger partial charge in [-0.2, -0.15) is 4.39 Å². The first kappa shape index (κ1) is 15.8. The fourth-order valence-corrected chi connectivity index (χ4v) is 1.36. The molecule has 0 aliphatic rings. The lowest BCUT2D eigenvalue weighted by atomic mass is 9.95. The average molecular weight is 289 g/mol. The van der Waals surface area contributed by atoms with Gasteiger partial charge in [-0.3, -0.25) is 14.9 Å². The van der Waals surface area contributed by atoms with Crippen LogP contribution >= 0.6 is 0 Å². The predicted octanol–water partition coefficient (Wildman–Crippen LogP) is 2.45. The fourth-order valence-electron chi connectivity index (χ4n) is 1.36. The summed E-state index contributed by atoms with van der Waals surface area (Å²) in [5.41, 5.74) is -2.05. The van der Waals surface area contributed by atoms with Gasteiger partial charge in [0, 0.05) is 6.07 Å². The van der Waals surface area contributed by atoms with E-state index in [9.17, 15) is 23.7 Å². The van der Waals surface area contributed by atoms with Crippen molar-refractivity contribution in [1.29, 1.82) is 0 Å². The standard InChI is InChI=1S/C12H13F2NO5/c1-12(2,11(16)19-3)6-20-10-5-7(13)9(15(17)18)4-8(10)14/h4-5H,6H2,1-3H3. The molecule has 0 unspecified atom stereocenters. The number of halogens is 2. The van der Waals surface area contributed by atoms with E-state index in [0.717, 1.165) is 0 Å². The van der Waals surface area contributed by atoms with Crippen LogP contribution in [-0.2, 0) is 9.53 Å². The van der Waals surface area contributed by atoms with Crippen molar-refractivity contribution in [3.8, 4) is 5.75 Å². The van der Waals surface area contributed by atoms with Gasteiger partial charge in [0.05, 0.1) is 23.5 Å². The van der Waals surface area contributed by atoms with E-state index in [2.05, 4.69) is 4.74 Å². The topological polar surface area (TPSA) is 78.7 Å². The predicted molar refractivity (Wildman–Crippen MR) is 64.3 cm³/mol. The molecule has 0 radical (unpaired) electrons. The maximum absolute atomic E-state index is 13.5. The minimum Gasteiger partial charge on any atom is -0.489 e. The van der Waals surface area contributed by atoms with E-state index in [1.165, 1.54) is 21.0 Å². The van der Waals surface area contributed by atoms with Gasteiger partial charge in [0.2, 0.25) is 5.82 Å². The summed E-state index contributed by atoms with van der Waals surface area (Å²) < 4.78 is 36.4. The summed E-state index contributed by atoms with van der Waals surface area (Å²) >= 11 is 0. The van der Waals surface area contributed by atoms with Gasteiger partial charge in [-0.25, -0.2) is 4.39 Å². The number of nitro benzene ring substituents is 1. The molecule has 0 spiro atoms. The number of carbonyl (C=O) groups excluding carboxylic acids is 1. The molecule has 1 aromatic rings. The molecule has 0 atom stereocenters. The lowest BCUT2D eigenvalue weighted by molar-refractivity contribution is -0.387. The van der Waals surface area contributed by atoms with Crippen molar-refractivity contribution in [2.45, 2.75) is 13.8 Å². The first-order valence-corrected chi connectivity index (χ1v) is 5.53. The van der Waals surface area contributed by atoms with Crippen LogP contribution in [0.5, 0.6) is 5.75 Å². The second-order valence-electron chi connectivity index (χ2n) is 4.66. The number of benzene rings is 1. The second-order valence-corrected chi connectivity index (χ2v) is 4.66. The number of nitro groups is 1. The molecule has 20 heavy (non-hydrogen) atoms. The number of hydrogen-bond donors (Lipinski definition) is 0. The molecule has 0 saturated heterocycles. The van der Waals surface area contributed by atoms with Crippen molar-refractivity contribution in [3.63, 3.8) is 0 Å². The zero-order valence-corrected chi connectivity index (χ0v) is 11.1. The summed E-state index contributed by atoms with van der Waals surface area (Å²) in [6.07, 6.45) is 0. The fraction of sp³-hybridized carbons (Fsp3) is 0.417. The van der Waals surface area contributed by atoms with Gasteiger partial charge in [0.15, 0.2) is 11.6 Å². The van der Waals surface area contributed by atoms with Crippen LogP contribution in [0.25, 0.3) is 0 Å². The molecule has 0 N–H and O–H groups in total. The van der Waals surface area contributed by atoms with Crippen molar-refractivity contribution in [3.05, 3.63) is 33.9 Å². The van der Waals surface area contributed by atoms with Crippen LogP contribution < -0.4 is 4.74 Å². The van der Waals surface area contributed by atoms with Crippen molar-refractivity contribution >= 4 is 11.7 Å². The molecule has 8 heteroatoms. The number of ether oxygens (including phenoxy) is 2. The minimum absolute atomic E-state index is 0.270. The lowest BCUT2D eigenvalue weighted by Gasteiger charge is -2.21. The molecule has 0 bridgehead atoms. The maximum atomic E-state index is 13.5. The molecule has 0 saturated carbocycles. The Hall–Kier alpha value is -2.25. The quantitative estimate of drug-likeness (QED) is 0.472. The highest BCUT2D eigenvalue weighted by Crippen LogP contribution is 2.28. The maximum Gasteiger partial charge on any atom is 0.314 e. The first-order valence-electron chi connectivity index (χ1n) is 5.53. The van der Waals surface area contributed by atoms with Gasteiger partial charge < -0.3 is 9.47 Å². The molecule has 0 aromatic heterocycles. The highest BCUT2D eigenvalue weighted by molar-refractivity contribution is 5.75. The van der Waals surface area contributed by atoms with E-state index in [0.29, 0.717) is 12.1 Å². The van der Waals surface area contributed by atoms with E-state index in [-0.39, 0.29) is 6.61 Å². The number of nitrogens with zero attached hydrogens (tertiary/aromatic N) is 1. The van der Waals surface area contributed by atoms with Crippen LogP contribution in [0, 0.1) is 27.2 Å². The van der Waals surface area contributed by atoms with Crippen LogP contribution in [0.4, 0.5) is 14.5 Å². The Kier molecular flexibility index (Phi) is 4.59. The van der Waals surface area contributed by atoms with Crippen molar-refractivity contribution in [1.82, 2.24) is 0 Å². The SMILES string of the molecule is COC(=O)C(C)(C)COc1cc(F)c([N+](=O)[O-])cc1F. The van der Waals surface area contributed by atoms with Crippen molar-refractivity contribution in [2.24, 2.45) is 5.41 Å². The normalized spacial score (nSPS) is 11.1. The number of esters is 1. The molecule has 0 aliphatic heterocycles. The Morgan fingerprint density at radius 2 is 1.95 bits per heavy atom. The smallest absolute Gasteiger partial charge is 0.314 e. The molecule has 6 nitrogen and oxygen atoms in total. The molecule has 110 valence electrons. The zero-order valence-electron chi connectivity index (χ0n) is 11.1. The Morgan fingerprint density at radius 3 is 2.45 bits per heavy atom. The summed E-state index contributed by atoms with van der Waals surface area (Å²) in [4.78, 5) is 20.8. The summed E-state index contributed by atoms with van der Waals surface area (Å²) in [5.74, 6) is -3.40. The van der Waals surface area contributed by atoms with Crippen LogP contribution in [0.2, 0.25) is 0 Å². The number of rotatable bonds is 5. The largest absolute Gasteiger partial charge is 0.489 e. The third-order valence-corrected chi connectivity index (χ3v) is 2.52. The van der Waals surface area contributed by atoms with Gasteiger partial charge >= 0.3 is 11.7 Å². The highest BCUT2D eigenvalue weighted by atomic mass is 19.1. The number of methoxy groups -OCH3 is 1. The van der Waals surface area contributed by atoms with Gasteiger partial charge in [-0.1, -0.05) is 0 Å². The van der Waals surface area contributed by atoms with E-state index < -0.39 is 39.4 Å². The molecular weight excluding hydrogens is 276 g/mol. The van der Waals surface area contributed by atoms with E-state index in [1.807, 2.05) is 0 Å². The summed E-state index contributed by atoms with van der Waals surface area (Å²) in [7, 11) is 1.19. The molecule has 1 aromatic carbocycles. The summed E-state index contributed by atoms with van der Waals surface area (Å²) in [5, 5.41) is 10.4. The van der Waals surface area contributed by atoms with Crippen LogP contribution in [-0.4, -0.2) is 24.6 Å². The van der Waals surface area contributed by atoms with Crippen molar-refractivity contribution < 1.29 is 28.0 Å². The van der Waals surface area contributed by atoms with E-state index in [1.54, 1.807) is 0 Å². The Balaban J connectivity index is 2.92. The second kappa shape index (κ2) is 5.81. The van der Waals surface area contributed by atoms with Gasteiger partial charge in [0.1, 0.15) is 6.61 Å². The molecule has 1 rings (SSSR count). The Labute approximate surface area is 113 Å². The Bertz CT molecular complexity index is 545. The number of carbonyl (C=O) groups is 1. The summed E-state index contributed by atoms with van der Waals surface area (Å²) in [6.45, 7) is 2.73. The first-order chi connectivity index (χ1) is 9.19. The molecule has 0 aliphatic carbocycles. The highest BCUT2D eigenvalue weighted by Gasteiger charge is 2.30. The molecule has 0 fully saturated rings. The zero-order chi connectivity index (χ0) is 15.5. The van der Waals surface area contributed by atoms with Crippen molar-refractivity contribution in [2.75, 3.05) is 13.7 Å². The minimum atomic E-state index is -1.22. The average Bonchev–Trinajstić information content (AvgIpc) is 2.37. The molecule has 0 amide bonds. The van der Waals surface area contributed by atoms with Crippen LogP contribution in [0.15, 0.2) is 12.1 Å².